The molecule has 184 valence electrons. The second-order valence-electron chi connectivity index (χ2n) is 7.81. The molecular weight excluding hydrogens is 505 g/mol. The first-order chi connectivity index (χ1) is 16.6. The fraction of sp³-hybridized carbons (Fsp3) is 0.208. The van der Waals surface area contributed by atoms with Gasteiger partial charge in [0.15, 0.2) is 6.61 Å². The van der Waals surface area contributed by atoms with Gasteiger partial charge in [0, 0.05) is 6.54 Å². The molecule has 35 heavy (non-hydrogen) atoms. The summed E-state index contributed by atoms with van der Waals surface area (Å²) in [5.41, 5.74) is 0.475. The van der Waals surface area contributed by atoms with E-state index in [-0.39, 0.29) is 21.4 Å². The van der Waals surface area contributed by atoms with E-state index < -0.39 is 34.3 Å². The van der Waals surface area contributed by atoms with Crippen molar-refractivity contribution in [2.24, 2.45) is 0 Å². The molecule has 0 saturated heterocycles. The number of carbonyl (C=O) groups is 1. The van der Waals surface area contributed by atoms with Gasteiger partial charge in [-0.3, -0.25) is 9.10 Å². The zero-order chi connectivity index (χ0) is 25.2. The first-order valence-electron chi connectivity index (χ1n) is 10.6. The number of hydrogen-bond donors (Lipinski definition) is 1. The molecule has 0 aliphatic carbocycles. The number of sulfonamides is 1. The predicted octanol–water partition coefficient (Wildman–Crippen LogP) is 5.52. The molecule has 1 aliphatic heterocycles. The number of carbonyl (C=O) groups excluding carboxylic acids is 1. The standard InChI is InChI=1S/C24H20ClF3N2O4S/c25-20-12-7-17(24(26,27)28)14-21(20)29-23(31)15-34-18-8-10-19(11-9-18)35(32,33)30-13-3-5-16-4-1-2-6-22(16)30/h1-2,4,6-12,14H,3,5,13,15H2,(H,29,31). The fourth-order valence-corrected chi connectivity index (χ4v) is 5.42. The fourth-order valence-electron chi connectivity index (χ4n) is 3.72. The molecule has 0 aromatic heterocycles. The molecule has 3 aromatic rings. The number of benzene rings is 3. The second kappa shape index (κ2) is 9.79. The van der Waals surface area contributed by atoms with E-state index in [1.54, 1.807) is 12.1 Å². The Bertz CT molecular complexity index is 1350. The topological polar surface area (TPSA) is 75.7 Å². The van der Waals surface area contributed by atoms with Crippen molar-refractivity contribution in [3.05, 3.63) is 82.9 Å². The summed E-state index contributed by atoms with van der Waals surface area (Å²) in [6.45, 7) is -0.145. The number of rotatable bonds is 6. The molecule has 1 N–H and O–H groups in total. The van der Waals surface area contributed by atoms with Crippen LogP contribution in [0, 0.1) is 0 Å². The number of nitrogens with one attached hydrogen (secondary N) is 1. The molecule has 0 saturated carbocycles. The van der Waals surface area contributed by atoms with Crippen LogP contribution in [0.1, 0.15) is 17.5 Å². The number of para-hydroxylation sites is 1. The lowest BCUT2D eigenvalue weighted by atomic mass is 10.0. The number of nitrogens with zero attached hydrogens (tertiary/aromatic N) is 1. The number of halogens is 4. The Labute approximate surface area is 205 Å². The van der Waals surface area contributed by atoms with E-state index >= 15 is 0 Å². The highest BCUT2D eigenvalue weighted by Crippen LogP contribution is 2.34. The molecule has 0 atom stereocenters. The van der Waals surface area contributed by atoms with Crippen molar-refractivity contribution in [1.29, 1.82) is 0 Å². The summed E-state index contributed by atoms with van der Waals surface area (Å²) in [4.78, 5) is 12.2. The molecule has 1 amide bonds. The van der Waals surface area contributed by atoms with E-state index in [0.29, 0.717) is 18.7 Å². The SMILES string of the molecule is O=C(COc1ccc(S(=O)(=O)N2CCCc3ccccc32)cc1)Nc1cc(C(F)(F)F)ccc1Cl. The minimum atomic E-state index is -4.58. The van der Waals surface area contributed by atoms with E-state index in [1.165, 1.54) is 28.6 Å². The predicted molar refractivity (Wildman–Crippen MR) is 126 cm³/mol. The lowest BCUT2D eigenvalue weighted by Gasteiger charge is -2.30. The Morgan fingerprint density at radius 3 is 2.49 bits per heavy atom. The van der Waals surface area contributed by atoms with Gasteiger partial charge >= 0.3 is 6.18 Å². The normalized spacial score (nSPS) is 13.8. The Hall–Kier alpha value is -3.24. The number of hydrogen-bond acceptors (Lipinski definition) is 4. The molecule has 4 rings (SSSR count). The van der Waals surface area contributed by atoms with Crippen LogP contribution in [-0.4, -0.2) is 27.5 Å². The summed E-state index contributed by atoms with van der Waals surface area (Å²) >= 11 is 5.88. The van der Waals surface area contributed by atoms with Crippen LogP contribution in [0.5, 0.6) is 5.75 Å². The van der Waals surface area contributed by atoms with Gasteiger partial charge in [-0.15, -0.1) is 0 Å². The molecule has 6 nitrogen and oxygen atoms in total. The van der Waals surface area contributed by atoms with Gasteiger partial charge < -0.3 is 10.1 Å². The van der Waals surface area contributed by atoms with Crippen LogP contribution in [-0.2, 0) is 27.4 Å². The van der Waals surface area contributed by atoms with Crippen molar-refractivity contribution < 1.29 is 31.1 Å². The van der Waals surface area contributed by atoms with E-state index in [0.717, 1.165) is 30.2 Å². The maximum atomic E-state index is 13.2. The highest BCUT2D eigenvalue weighted by molar-refractivity contribution is 7.92. The van der Waals surface area contributed by atoms with Gasteiger partial charge in [-0.05, 0) is 66.9 Å². The van der Waals surface area contributed by atoms with Gasteiger partial charge in [0.2, 0.25) is 0 Å². The molecule has 0 unspecified atom stereocenters. The van der Waals surface area contributed by atoms with Crippen molar-refractivity contribution in [2.75, 3.05) is 22.8 Å². The van der Waals surface area contributed by atoms with Crippen LogP contribution in [0.4, 0.5) is 24.5 Å². The van der Waals surface area contributed by atoms with Crippen LogP contribution in [0.3, 0.4) is 0 Å². The molecule has 11 heteroatoms. The third-order valence-corrected chi connectivity index (χ3v) is 7.57. The number of amides is 1. The second-order valence-corrected chi connectivity index (χ2v) is 10.1. The lowest BCUT2D eigenvalue weighted by Crippen LogP contribution is -2.35. The van der Waals surface area contributed by atoms with Crippen LogP contribution < -0.4 is 14.4 Å². The number of anilines is 2. The van der Waals surface area contributed by atoms with Crippen molar-refractivity contribution in [3.8, 4) is 5.75 Å². The quantitative estimate of drug-likeness (QED) is 0.461. The van der Waals surface area contributed by atoms with Crippen LogP contribution >= 0.6 is 11.6 Å². The number of fused-ring (bicyclic) bond motifs is 1. The highest BCUT2D eigenvalue weighted by Gasteiger charge is 2.31. The van der Waals surface area contributed by atoms with E-state index in [4.69, 9.17) is 16.3 Å². The van der Waals surface area contributed by atoms with Crippen LogP contribution in [0.15, 0.2) is 71.6 Å². The molecular formula is C24H20ClF3N2O4S. The summed E-state index contributed by atoms with van der Waals surface area (Å²) in [7, 11) is -3.79. The van der Waals surface area contributed by atoms with Gasteiger partial charge in [0.25, 0.3) is 15.9 Å². The minimum Gasteiger partial charge on any atom is -0.484 e. The monoisotopic (exact) mass is 524 g/mol. The largest absolute Gasteiger partial charge is 0.484 e. The Kier molecular flexibility index (Phi) is 6.95. The number of ether oxygens (including phenoxy) is 1. The minimum absolute atomic E-state index is 0.0554. The molecule has 0 radical (unpaired) electrons. The Morgan fingerprint density at radius 1 is 1.06 bits per heavy atom. The number of alkyl halides is 3. The Balaban J connectivity index is 1.41. The number of aryl methyl sites for hydroxylation is 1. The summed E-state index contributed by atoms with van der Waals surface area (Å²) in [6, 6.07) is 15.5. The zero-order valence-electron chi connectivity index (χ0n) is 18.2. The average molecular weight is 525 g/mol. The van der Waals surface area contributed by atoms with Gasteiger partial charge in [0.05, 0.1) is 26.9 Å². The highest BCUT2D eigenvalue weighted by atomic mass is 35.5. The third kappa shape index (κ3) is 5.54. The van der Waals surface area contributed by atoms with Crippen LogP contribution in [0.25, 0.3) is 0 Å². The average Bonchev–Trinajstić information content (AvgIpc) is 2.83. The molecule has 0 fully saturated rings. The summed E-state index contributed by atoms with van der Waals surface area (Å²) < 4.78 is 71.8. The van der Waals surface area contributed by atoms with Gasteiger partial charge in [0.1, 0.15) is 5.75 Å². The van der Waals surface area contributed by atoms with E-state index in [9.17, 15) is 26.4 Å². The zero-order valence-corrected chi connectivity index (χ0v) is 19.8. The molecule has 3 aromatic carbocycles. The molecule has 0 bridgehead atoms. The molecule has 1 aliphatic rings. The smallest absolute Gasteiger partial charge is 0.416 e. The maximum Gasteiger partial charge on any atom is 0.416 e. The third-order valence-electron chi connectivity index (χ3n) is 5.42. The first-order valence-corrected chi connectivity index (χ1v) is 12.4. The van der Waals surface area contributed by atoms with Gasteiger partial charge in [-0.2, -0.15) is 13.2 Å². The summed E-state index contributed by atoms with van der Waals surface area (Å²) in [5, 5.41) is 2.23. The van der Waals surface area contributed by atoms with Crippen LogP contribution in [0.2, 0.25) is 5.02 Å². The molecule has 0 spiro atoms. The van der Waals surface area contributed by atoms with Crippen molar-refractivity contribution >= 4 is 38.9 Å². The van der Waals surface area contributed by atoms with Crippen molar-refractivity contribution in [1.82, 2.24) is 0 Å². The summed E-state index contributed by atoms with van der Waals surface area (Å²) in [6.07, 6.45) is -3.07. The molecule has 1 heterocycles. The van der Waals surface area contributed by atoms with Crippen molar-refractivity contribution in [3.63, 3.8) is 0 Å². The van der Waals surface area contributed by atoms with Gasteiger partial charge in [-0.25, -0.2) is 8.42 Å². The van der Waals surface area contributed by atoms with Crippen molar-refractivity contribution in [2.45, 2.75) is 23.9 Å². The van der Waals surface area contributed by atoms with E-state index in [2.05, 4.69) is 5.32 Å². The first kappa shape index (κ1) is 24.9. The lowest BCUT2D eigenvalue weighted by molar-refractivity contribution is -0.137. The summed E-state index contributed by atoms with van der Waals surface area (Å²) in [5.74, 6) is -0.513. The maximum absolute atomic E-state index is 13.2. The Morgan fingerprint density at radius 2 is 1.77 bits per heavy atom. The van der Waals surface area contributed by atoms with E-state index in [1.807, 2.05) is 12.1 Å². The van der Waals surface area contributed by atoms with Gasteiger partial charge in [-0.1, -0.05) is 29.8 Å².